The van der Waals surface area contributed by atoms with Crippen molar-refractivity contribution in [1.29, 1.82) is 0 Å². The maximum atomic E-state index is 13.2. The summed E-state index contributed by atoms with van der Waals surface area (Å²) in [7, 11) is 0. The number of carbonyl (C=O) groups is 3. The van der Waals surface area contributed by atoms with Crippen molar-refractivity contribution in [3.8, 4) is 0 Å². The number of carbonyl (C=O) groups excluding carboxylic acids is 3. The van der Waals surface area contributed by atoms with Crippen molar-refractivity contribution < 1.29 is 23.2 Å². The van der Waals surface area contributed by atoms with Gasteiger partial charge in [0.2, 0.25) is 11.8 Å². The third-order valence-electron chi connectivity index (χ3n) is 4.72. The highest BCUT2D eigenvalue weighted by Crippen LogP contribution is 2.22. The van der Waals surface area contributed by atoms with E-state index in [2.05, 4.69) is 0 Å². The standard InChI is InChI=1S/C17H19F2N3O3/c1-11(23)20-4-6-21(7-5-20)17(25)13-9-22(10-13)16(24)12-2-3-14(18)15(19)8-12/h2-3,8,13H,4-7,9-10H2,1H3. The molecule has 0 aromatic heterocycles. The molecule has 3 amide bonds. The van der Waals surface area contributed by atoms with Crippen molar-refractivity contribution in [1.82, 2.24) is 14.7 Å². The van der Waals surface area contributed by atoms with Crippen LogP contribution in [-0.2, 0) is 9.59 Å². The van der Waals surface area contributed by atoms with E-state index in [1.165, 1.54) is 17.9 Å². The van der Waals surface area contributed by atoms with E-state index in [0.29, 0.717) is 26.2 Å². The van der Waals surface area contributed by atoms with E-state index in [-0.39, 0.29) is 36.4 Å². The van der Waals surface area contributed by atoms with Crippen molar-refractivity contribution >= 4 is 17.7 Å². The molecule has 134 valence electrons. The number of likely N-dealkylation sites (tertiary alicyclic amines) is 1. The van der Waals surface area contributed by atoms with Gasteiger partial charge in [-0.3, -0.25) is 14.4 Å². The number of hydrogen-bond acceptors (Lipinski definition) is 3. The first kappa shape index (κ1) is 17.3. The molecule has 1 aromatic rings. The van der Waals surface area contributed by atoms with Crippen LogP contribution >= 0.6 is 0 Å². The molecule has 8 heteroatoms. The Bertz CT molecular complexity index is 711. The molecule has 0 aliphatic carbocycles. The Balaban J connectivity index is 1.52. The maximum absolute atomic E-state index is 13.2. The molecule has 6 nitrogen and oxygen atoms in total. The summed E-state index contributed by atoms with van der Waals surface area (Å²) < 4.78 is 26.2. The smallest absolute Gasteiger partial charge is 0.254 e. The fraction of sp³-hybridized carbons (Fsp3) is 0.471. The van der Waals surface area contributed by atoms with Gasteiger partial charge in [-0.05, 0) is 18.2 Å². The minimum atomic E-state index is -1.07. The molecule has 0 radical (unpaired) electrons. The van der Waals surface area contributed by atoms with Crippen LogP contribution in [-0.4, -0.2) is 71.7 Å². The van der Waals surface area contributed by atoms with Gasteiger partial charge >= 0.3 is 0 Å². The number of amides is 3. The summed E-state index contributed by atoms with van der Waals surface area (Å²) in [6, 6.07) is 3.02. The molecule has 0 unspecified atom stereocenters. The lowest BCUT2D eigenvalue weighted by Gasteiger charge is -2.42. The van der Waals surface area contributed by atoms with Gasteiger partial charge in [-0.15, -0.1) is 0 Å². The fourth-order valence-electron chi connectivity index (χ4n) is 3.11. The van der Waals surface area contributed by atoms with E-state index >= 15 is 0 Å². The van der Waals surface area contributed by atoms with Gasteiger partial charge < -0.3 is 14.7 Å². The number of hydrogen-bond donors (Lipinski definition) is 0. The molecular formula is C17H19F2N3O3. The molecule has 2 aliphatic rings. The Morgan fingerprint density at radius 1 is 0.920 bits per heavy atom. The highest BCUT2D eigenvalue weighted by molar-refractivity contribution is 5.96. The summed E-state index contributed by atoms with van der Waals surface area (Å²) in [6.45, 7) is 4.06. The minimum Gasteiger partial charge on any atom is -0.339 e. The second kappa shape index (κ2) is 6.78. The van der Waals surface area contributed by atoms with Crippen LogP contribution < -0.4 is 0 Å². The Labute approximate surface area is 144 Å². The first-order valence-electron chi connectivity index (χ1n) is 8.15. The monoisotopic (exact) mass is 351 g/mol. The molecular weight excluding hydrogens is 332 g/mol. The third-order valence-corrected chi connectivity index (χ3v) is 4.72. The average molecular weight is 351 g/mol. The molecule has 1 aromatic carbocycles. The van der Waals surface area contributed by atoms with Crippen molar-refractivity contribution in [2.24, 2.45) is 5.92 Å². The van der Waals surface area contributed by atoms with Crippen LogP contribution in [0.1, 0.15) is 17.3 Å². The Morgan fingerprint density at radius 3 is 2.08 bits per heavy atom. The molecule has 25 heavy (non-hydrogen) atoms. The van der Waals surface area contributed by atoms with Gasteiger partial charge in [0.1, 0.15) is 0 Å². The molecule has 2 fully saturated rings. The van der Waals surface area contributed by atoms with Gasteiger partial charge in [0.25, 0.3) is 5.91 Å². The van der Waals surface area contributed by atoms with E-state index in [4.69, 9.17) is 0 Å². The number of piperazine rings is 1. The first-order chi connectivity index (χ1) is 11.9. The molecule has 2 heterocycles. The number of benzene rings is 1. The molecule has 2 saturated heterocycles. The van der Waals surface area contributed by atoms with Crippen LogP contribution in [0.4, 0.5) is 8.78 Å². The van der Waals surface area contributed by atoms with Crippen LogP contribution in [0.3, 0.4) is 0 Å². The summed E-state index contributed by atoms with van der Waals surface area (Å²) in [5.41, 5.74) is 0.0693. The molecule has 0 N–H and O–H groups in total. The van der Waals surface area contributed by atoms with Gasteiger partial charge in [0, 0.05) is 51.8 Å². The van der Waals surface area contributed by atoms with E-state index in [1.807, 2.05) is 0 Å². The normalized spacial score (nSPS) is 18.1. The van der Waals surface area contributed by atoms with Crippen LogP contribution in [0.15, 0.2) is 18.2 Å². The minimum absolute atomic E-state index is 0.000884. The fourth-order valence-corrected chi connectivity index (χ4v) is 3.11. The Hall–Kier alpha value is -2.51. The Kier molecular flexibility index (Phi) is 4.69. The molecule has 0 atom stereocenters. The lowest BCUT2D eigenvalue weighted by Crippen LogP contribution is -2.59. The number of halogens is 2. The molecule has 3 rings (SSSR count). The van der Waals surface area contributed by atoms with Crippen molar-refractivity contribution in [3.63, 3.8) is 0 Å². The zero-order chi connectivity index (χ0) is 18.1. The van der Waals surface area contributed by atoms with Crippen LogP contribution in [0.25, 0.3) is 0 Å². The zero-order valence-electron chi connectivity index (χ0n) is 13.9. The highest BCUT2D eigenvalue weighted by atomic mass is 19.2. The predicted octanol–water partition coefficient (Wildman–Crippen LogP) is 0.728. The van der Waals surface area contributed by atoms with Gasteiger partial charge in [0.15, 0.2) is 11.6 Å². The lowest BCUT2D eigenvalue weighted by molar-refractivity contribution is -0.144. The summed E-state index contributed by atoms with van der Waals surface area (Å²) in [4.78, 5) is 40.8. The van der Waals surface area contributed by atoms with E-state index < -0.39 is 17.5 Å². The third kappa shape index (κ3) is 3.47. The van der Waals surface area contributed by atoms with Crippen LogP contribution in [0, 0.1) is 17.6 Å². The number of rotatable bonds is 2. The highest BCUT2D eigenvalue weighted by Gasteiger charge is 2.39. The maximum Gasteiger partial charge on any atom is 0.254 e. The van der Waals surface area contributed by atoms with Crippen molar-refractivity contribution in [3.05, 3.63) is 35.4 Å². The number of nitrogens with zero attached hydrogens (tertiary/aromatic N) is 3. The van der Waals surface area contributed by atoms with Crippen molar-refractivity contribution in [2.45, 2.75) is 6.92 Å². The zero-order valence-corrected chi connectivity index (χ0v) is 13.9. The average Bonchev–Trinajstić information content (AvgIpc) is 2.55. The second-order valence-electron chi connectivity index (χ2n) is 6.37. The molecule has 2 aliphatic heterocycles. The van der Waals surface area contributed by atoms with Gasteiger partial charge in [-0.1, -0.05) is 0 Å². The second-order valence-corrected chi connectivity index (χ2v) is 6.37. The molecule has 0 spiro atoms. The quantitative estimate of drug-likeness (QED) is 0.789. The van der Waals surface area contributed by atoms with Gasteiger partial charge in [-0.2, -0.15) is 0 Å². The summed E-state index contributed by atoms with van der Waals surface area (Å²) in [6.07, 6.45) is 0. The van der Waals surface area contributed by atoms with E-state index in [9.17, 15) is 23.2 Å². The summed E-state index contributed by atoms with van der Waals surface area (Å²) in [5, 5.41) is 0. The summed E-state index contributed by atoms with van der Waals surface area (Å²) in [5.74, 6) is -2.79. The van der Waals surface area contributed by atoms with Crippen molar-refractivity contribution in [2.75, 3.05) is 39.3 Å². The predicted molar refractivity (Wildman–Crippen MR) is 84.6 cm³/mol. The lowest BCUT2D eigenvalue weighted by atomic mass is 9.96. The molecule has 0 saturated carbocycles. The Morgan fingerprint density at radius 2 is 1.52 bits per heavy atom. The van der Waals surface area contributed by atoms with Gasteiger partial charge in [0.05, 0.1) is 5.92 Å². The molecule has 0 bridgehead atoms. The van der Waals surface area contributed by atoms with Gasteiger partial charge in [-0.25, -0.2) is 8.78 Å². The summed E-state index contributed by atoms with van der Waals surface area (Å²) >= 11 is 0. The van der Waals surface area contributed by atoms with Crippen LogP contribution in [0.5, 0.6) is 0 Å². The largest absolute Gasteiger partial charge is 0.339 e. The topological polar surface area (TPSA) is 60.9 Å². The first-order valence-corrected chi connectivity index (χ1v) is 8.15. The van der Waals surface area contributed by atoms with E-state index in [0.717, 1.165) is 12.1 Å². The van der Waals surface area contributed by atoms with E-state index in [1.54, 1.807) is 9.80 Å². The van der Waals surface area contributed by atoms with Crippen LogP contribution in [0.2, 0.25) is 0 Å². The SMILES string of the molecule is CC(=O)N1CCN(C(=O)C2CN(C(=O)c3ccc(F)c(F)c3)C2)CC1.